The second-order valence-corrected chi connectivity index (χ2v) is 4.62. The Morgan fingerprint density at radius 3 is 2.43 bits per heavy atom. The number of hydrogen-bond donors (Lipinski definition) is 2. The van der Waals surface area contributed by atoms with Crippen LogP contribution in [0.4, 0.5) is 5.82 Å². The van der Waals surface area contributed by atoms with Crippen LogP contribution >= 0.6 is 11.6 Å². The van der Waals surface area contributed by atoms with Gasteiger partial charge in [-0.25, -0.2) is 4.68 Å². The van der Waals surface area contributed by atoms with Crippen molar-refractivity contribution in [1.29, 1.82) is 0 Å². The van der Waals surface area contributed by atoms with E-state index in [2.05, 4.69) is 5.10 Å². The molecule has 0 saturated heterocycles. The normalized spacial score (nSPS) is 12.1. The molecular weight excluding hydrogens is 202 g/mol. The predicted molar refractivity (Wildman–Crippen MR) is 57.4 cm³/mol. The first-order chi connectivity index (χ1) is 6.38. The van der Waals surface area contributed by atoms with Gasteiger partial charge in [-0.05, 0) is 0 Å². The summed E-state index contributed by atoms with van der Waals surface area (Å²) < 4.78 is 1.53. The lowest BCUT2D eigenvalue weighted by molar-refractivity contribution is 0.269. The van der Waals surface area contributed by atoms with Gasteiger partial charge in [0.1, 0.15) is 10.8 Å². The predicted octanol–water partition coefficient (Wildman–Crippen LogP) is 1.41. The minimum absolute atomic E-state index is 0.00575. The number of aliphatic hydroxyl groups is 1. The van der Waals surface area contributed by atoms with Gasteiger partial charge in [-0.2, -0.15) is 5.10 Å². The Bertz CT molecular complexity index is 328. The number of halogens is 1. The maximum atomic E-state index is 8.79. The maximum Gasteiger partial charge on any atom is 0.141 e. The zero-order valence-corrected chi connectivity index (χ0v) is 9.47. The van der Waals surface area contributed by atoms with Crippen molar-refractivity contribution in [3.63, 3.8) is 0 Å². The lowest BCUT2D eigenvalue weighted by Gasteiger charge is -2.15. The molecule has 0 aliphatic rings. The summed E-state index contributed by atoms with van der Waals surface area (Å²) in [7, 11) is 0. The summed E-state index contributed by atoms with van der Waals surface area (Å²) in [4.78, 5) is 0. The van der Waals surface area contributed by atoms with Crippen LogP contribution in [0.25, 0.3) is 0 Å². The minimum atomic E-state index is -0.133. The Morgan fingerprint density at radius 2 is 2.07 bits per heavy atom. The standard InChI is InChI=1S/C9H16ClN3O/c1-9(2,3)7-6(10)8(11)13(12-7)4-5-14/h14H,4-5,11H2,1-3H3. The molecule has 4 nitrogen and oxygen atoms in total. The van der Waals surface area contributed by atoms with Gasteiger partial charge in [0.2, 0.25) is 0 Å². The Labute approximate surface area is 88.7 Å². The van der Waals surface area contributed by atoms with Gasteiger partial charge in [0.15, 0.2) is 0 Å². The molecule has 0 saturated carbocycles. The summed E-state index contributed by atoms with van der Waals surface area (Å²) in [6.07, 6.45) is 0. The molecule has 0 aliphatic heterocycles. The SMILES string of the molecule is CC(C)(C)c1nn(CCO)c(N)c1Cl. The van der Waals surface area contributed by atoms with Crippen molar-refractivity contribution in [2.24, 2.45) is 0 Å². The molecule has 0 atom stereocenters. The summed E-state index contributed by atoms with van der Waals surface area (Å²) in [6, 6.07) is 0. The molecule has 0 unspecified atom stereocenters. The molecule has 0 bridgehead atoms. The van der Waals surface area contributed by atoms with E-state index in [0.29, 0.717) is 17.4 Å². The van der Waals surface area contributed by atoms with Crippen LogP contribution in [-0.2, 0) is 12.0 Å². The molecule has 1 heterocycles. The van der Waals surface area contributed by atoms with Gasteiger partial charge in [-0.3, -0.25) is 0 Å². The molecule has 80 valence electrons. The van der Waals surface area contributed by atoms with Crippen LogP contribution in [0, 0.1) is 0 Å². The highest BCUT2D eigenvalue weighted by Gasteiger charge is 2.24. The smallest absolute Gasteiger partial charge is 0.141 e. The number of nitrogens with zero attached hydrogens (tertiary/aromatic N) is 2. The third-order valence-corrected chi connectivity index (χ3v) is 2.33. The van der Waals surface area contributed by atoms with E-state index in [9.17, 15) is 0 Å². The fourth-order valence-corrected chi connectivity index (χ4v) is 1.62. The van der Waals surface area contributed by atoms with E-state index in [1.165, 1.54) is 4.68 Å². The van der Waals surface area contributed by atoms with E-state index < -0.39 is 0 Å². The number of anilines is 1. The van der Waals surface area contributed by atoms with Crippen LogP contribution in [0.5, 0.6) is 0 Å². The van der Waals surface area contributed by atoms with Gasteiger partial charge in [0.25, 0.3) is 0 Å². The van der Waals surface area contributed by atoms with E-state index in [-0.39, 0.29) is 12.0 Å². The highest BCUT2D eigenvalue weighted by Crippen LogP contribution is 2.32. The molecular formula is C9H16ClN3O. The highest BCUT2D eigenvalue weighted by atomic mass is 35.5. The Hall–Kier alpha value is -0.740. The largest absolute Gasteiger partial charge is 0.394 e. The first-order valence-corrected chi connectivity index (χ1v) is 4.89. The van der Waals surface area contributed by atoms with Crippen LogP contribution in [0.3, 0.4) is 0 Å². The molecule has 0 spiro atoms. The fourth-order valence-electron chi connectivity index (χ4n) is 1.20. The Morgan fingerprint density at radius 1 is 1.50 bits per heavy atom. The van der Waals surface area contributed by atoms with E-state index >= 15 is 0 Å². The number of nitrogen functional groups attached to an aromatic ring is 1. The summed E-state index contributed by atoms with van der Waals surface area (Å²) in [5.41, 5.74) is 6.38. The van der Waals surface area contributed by atoms with Crippen molar-refractivity contribution in [1.82, 2.24) is 9.78 Å². The molecule has 0 aliphatic carbocycles. The molecule has 1 rings (SSSR count). The zero-order valence-electron chi connectivity index (χ0n) is 8.71. The van der Waals surface area contributed by atoms with Gasteiger partial charge < -0.3 is 10.8 Å². The fraction of sp³-hybridized carbons (Fsp3) is 0.667. The number of aromatic nitrogens is 2. The molecule has 0 aromatic carbocycles. The molecule has 5 heteroatoms. The van der Waals surface area contributed by atoms with Crippen molar-refractivity contribution < 1.29 is 5.11 Å². The maximum absolute atomic E-state index is 8.79. The Balaban J connectivity index is 3.15. The van der Waals surface area contributed by atoms with Crippen LogP contribution in [-0.4, -0.2) is 21.5 Å². The van der Waals surface area contributed by atoms with Crippen LogP contribution in [0.1, 0.15) is 26.5 Å². The lowest BCUT2D eigenvalue weighted by atomic mass is 9.92. The third-order valence-electron chi connectivity index (χ3n) is 1.95. The summed E-state index contributed by atoms with van der Waals surface area (Å²) >= 11 is 6.04. The van der Waals surface area contributed by atoms with Crippen molar-refractivity contribution in [2.75, 3.05) is 12.3 Å². The molecule has 1 aromatic rings. The van der Waals surface area contributed by atoms with Crippen molar-refractivity contribution in [3.05, 3.63) is 10.7 Å². The second-order valence-electron chi connectivity index (χ2n) is 4.24. The van der Waals surface area contributed by atoms with E-state index in [0.717, 1.165) is 5.69 Å². The molecule has 0 fully saturated rings. The quantitative estimate of drug-likeness (QED) is 0.788. The molecule has 3 N–H and O–H groups in total. The number of nitrogens with two attached hydrogens (primary N) is 1. The van der Waals surface area contributed by atoms with Crippen molar-refractivity contribution in [2.45, 2.75) is 32.7 Å². The zero-order chi connectivity index (χ0) is 10.9. The molecule has 0 amide bonds. The van der Waals surface area contributed by atoms with Gasteiger partial charge in [0.05, 0.1) is 18.8 Å². The van der Waals surface area contributed by atoms with E-state index in [1.54, 1.807) is 0 Å². The molecule has 0 radical (unpaired) electrons. The highest BCUT2D eigenvalue weighted by molar-refractivity contribution is 6.33. The van der Waals surface area contributed by atoms with Gasteiger partial charge in [-0.15, -0.1) is 0 Å². The monoisotopic (exact) mass is 217 g/mol. The Kier molecular flexibility index (Phi) is 3.07. The topological polar surface area (TPSA) is 64.1 Å². The van der Waals surface area contributed by atoms with E-state index in [1.807, 2.05) is 20.8 Å². The molecule has 1 aromatic heterocycles. The first-order valence-electron chi connectivity index (χ1n) is 4.51. The second kappa shape index (κ2) is 3.79. The average Bonchev–Trinajstić information content (AvgIpc) is 2.32. The number of aliphatic hydroxyl groups excluding tert-OH is 1. The molecule has 14 heavy (non-hydrogen) atoms. The number of rotatable bonds is 2. The van der Waals surface area contributed by atoms with Crippen molar-refractivity contribution in [3.8, 4) is 0 Å². The van der Waals surface area contributed by atoms with Crippen molar-refractivity contribution >= 4 is 17.4 Å². The number of hydrogen-bond acceptors (Lipinski definition) is 3. The van der Waals surface area contributed by atoms with E-state index in [4.69, 9.17) is 22.4 Å². The summed E-state index contributed by atoms with van der Waals surface area (Å²) in [5, 5.41) is 13.5. The van der Waals surface area contributed by atoms with Gasteiger partial charge >= 0.3 is 0 Å². The van der Waals surface area contributed by atoms with Crippen LogP contribution in [0.15, 0.2) is 0 Å². The van der Waals surface area contributed by atoms with Gasteiger partial charge in [0, 0.05) is 5.41 Å². The van der Waals surface area contributed by atoms with Crippen LogP contribution < -0.4 is 5.73 Å². The summed E-state index contributed by atoms with van der Waals surface area (Å²) in [5.74, 6) is 0.422. The van der Waals surface area contributed by atoms with Gasteiger partial charge in [-0.1, -0.05) is 32.4 Å². The first kappa shape index (κ1) is 11.3. The minimum Gasteiger partial charge on any atom is -0.394 e. The summed E-state index contributed by atoms with van der Waals surface area (Å²) in [6.45, 7) is 6.44. The lowest BCUT2D eigenvalue weighted by Crippen LogP contribution is -2.14. The third kappa shape index (κ3) is 2.01. The van der Waals surface area contributed by atoms with Crippen LogP contribution in [0.2, 0.25) is 5.02 Å². The average molecular weight is 218 g/mol.